The minimum Gasteiger partial charge on any atom is -0.493 e. The van der Waals surface area contributed by atoms with Crippen LogP contribution in [0.5, 0.6) is 11.5 Å². The molecule has 1 rings (SSSR count). The van der Waals surface area contributed by atoms with Gasteiger partial charge in [-0.3, -0.25) is 4.79 Å². The Balaban J connectivity index is 2.75. The molecule has 0 unspecified atom stereocenters. The van der Waals surface area contributed by atoms with Crippen molar-refractivity contribution in [2.45, 2.75) is 13.8 Å². The van der Waals surface area contributed by atoms with Crippen LogP contribution >= 0.6 is 0 Å². The topological polar surface area (TPSA) is 47.6 Å². The van der Waals surface area contributed by atoms with Gasteiger partial charge in [0.05, 0.1) is 20.3 Å². The smallest absolute Gasteiger partial charge is 0.244 e. The summed E-state index contributed by atoms with van der Waals surface area (Å²) in [6.07, 6.45) is 8.20. The van der Waals surface area contributed by atoms with Crippen molar-refractivity contribution < 1.29 is 14.3 Å². The first-order valence-corrected chi connectivity index (χ1v) is 6.77. The largest absolute Gasteiger partial charge is 0.493 e. The fraction of sp³-hybridized carbons (Fsp3) is 0.353. The van der Waals surface area contributed by atoms with E-state index < -0.39 is 0 Å². The van der Waals surface area contributed by atoms with E-state index in [2.05, 4.69) is 25.1 Å². The quantitative estimate of drug-likeness (QED) is 0.619. The zero-order valence-corrected chi connectivity index (χ0v) is 12.7. The maximum atomic E-state index is 11.4. The highest BCUT2D eigenvalue weighted by molar-refractivity contribution is 5.91. The number of hydrogen-bond acceptors (Lipinski definition) is 3. The zero-order valence-electron chi connectivity index (χ0n) is 12.7. The Hall–Kier alpha value is -2.41. The van der Waals surface area contributed by atoms with Crippen LogP contribution in [-0.4, -0.2) is 26.2 Å². The van der Waals surface area contributed by atoms with Crippen LogP contribution in [0.1, 0.15) is 19.4 Å². The van der Waals surface area contributed by atoms with Crippen LogP contribution in [0, 0.1) is 18.3 Å². The number of carbonyl (C=O) groups is 1. The van der Waals surface area contributed by atoms with Gasteiger partial charge in [0.2, 0.25) is 5.91 Å². The van der Waals surface area contributed by atoms with Gasteiger partial charge in [-0.2, -0.15) is 0 Å². The van der Waals surface area contributed by atoms with Crippen LogP contribution in [0.2, 0.25) is 0 Å². The van der Waals surface area contributed by atoms with E-state index in [9.17, 15) is 4.79 Å². The van der Waals surface area contributed by atoms with Gasteiger partial charge in [-0.15, -0.1) is 6.42 Å². The fourth-order valence-electron chi connectivity index (χ4n) is 1.53. The van der Waals surface area contributed by atoms with Gasteiger partial charge in [0.25, 0.3) is 0 Å². The third-order valence-corrected chi connectivity index (χ3v) is 2.55. The fourth-order valence-corrected chi connectivity index (χ4v) is 1.53. The molecule has 1 aromatic rings. The minimum absolute atomic E-state index is 0.217. The molecule has 0 atom stereocenters. The lowest BCUT2D eigenvalue weighted by Crippen LogP contribution is -2.20. The Morgan fingerprint density at radius 1 is 1.43 bits per heavy atom. The molecular weight excluding hydrogens is 266 g/mol. The summed E-state index contributed by atoms with van der Waals surface area (Å²) in [6.45, 7) is 5.01. The number of hydrogen-bond donors (Lipinski definition) is 1. The average molecular weight is 287 g/mol. The molecule has 0 saturated heterocycles. The van der Waals surface area contributed by atoms with E-state index in [-0.39, 0.29) is 12.5 Å². The van der Waals surface area contributed by atoms with Crippen molar-refractivity contribution in [2.24, 2.45) is 5.92 Å². The Bertz CT molecular complexity index is 541. The summed E-state index contributed by atoms with van der Waals surface area (Å²) in [5, 5.41) is 2.56. The number of carbonyl (C=O) groups excluding carboxylic acids is 1. The van der Waals surface area contributed by atoms with Crippen LogP contribution in [0.15, 0.2) is 24.3 Å². The second-order valence-electron chi connectivity index (χ2n) is 4.87. The first-order valence-electron chi connectivity index (χ1n) is 6.77. The highest BCUT2D eigenvalue weighted by atomic mass is 16.5. The third kappa shape index (κ3) is 6.05. The van der Waals surface area contributed by atoms with E-state index in [1.54, 1.807) is 13.2 Å². The third-order valence-electron chi connectivity index (χ3n) is 2.55. The van der Waals surface area contributed by atoms with E-state index in [1.165, 1.54) is 6.08 Å². The van der Waals surface area contributed by atoms with Gasteiger partial charge in [-0.05, 0) is 29.7 Å². The molecule has 1 aromatic carbocycles. The van der Waals surface area contributed by atoms with Gasteiger partial charge >= 0.3 is 0 Å². The maximum Gasteiger partial charge on any atom is 0.244 e. The first kappa shape index (κ1) is 16.6. The number of methoxy groups -OCH3 is 1. The summed E-state index contributed by atoms with van der Waals surface area (Å²) in [5.74, 6) is 3.89. The molecule has 0 aromatic heterocycles. The molecule has 0 radical (unpaired) electrons. The number of benzene rings is 1. The van der Waals surface area contributed by atoms with Gasteiger partial charge in [0, 0.05) is 6.08 Å². The monoisotopic (exact) mass is 287 g/mol. The van der Waals surface area contributed by atoms with Crippen LogP contribution < -0.4 is 14.8 Å². The number of terminal acetylenes is 1. The van der Waals surface area contributed by atoms with Crippen molar-refractivity contribution >= 4 is 12.0 Å². The van der Waals surface area contributed by atoms with Crippen molar-refractivity contribution in [1.29, 1.82) is 0 Å². The van der Waals surface area contributed by atoms with Crippen molar-refractivity contribution in [2.75, 3.05) is 20.3 Å². The molecule has 21 heavy (non-hydrogen) atoms. The SMILES string of the molecule is C#CCNC(=O)C=Cc1ccc(OCC(C)C)c(OC)c1. The molecule has 0 aliphatic heterocycles. The molecule has 4 nitrogen and oxygen atoms in total. The van der Waals surface area contributed by atoms with E-state index >= 15 is 0 Å². The van der Waals surface area contributed by atoms with Gasteiger partial charge in [-0.1, -0.05) is 25.8 Å². The number of ether oxygens (including phenoxy) is 2. The Morgan fingerprint density at radius 2 is 2.19 bits per heavy atom. The number of amides is 1. The molecule has 1 amide bonds. The predicted molar refractivity (Wildman–Crippen MR) is 84.2 cm³/mol. The van der Waals surface area contributed by atoms with Crippen molar-refractivity contribution in [3.8, 4) is 23.8 Å². The molecule has 0 fully saturated rings. The van der Waals surface area contributed by atoms with Crippen molar-refractivity contribution in [3.63, 3.8) is 0 Å². The summed E-state index contributed by atoms with van der Waals surface area (Å²) >= 11 is 0. The normalized spacial score (nSPS) is 10.4. The van der Waals surface area contributed by atoms with E-state index in [1.807, 2.05) is 18.2 Å². The molecule has 1 N–H and O–H groups in total. The van der Waals surface area contributed by atoms with Gasteiger partial charge in [-0.25, -0.2) is 0 Å². The molecule has 0 aliphatic carbocycles. The summed E-state index contributed by atoms with van der Waals surface area (Å²) < 4.78 is 11.0. The standard InChI is InChI=1S/C17H21NO3/c1-5-10-18-17(19)9-7-14-6-8-15(16(11-14)20-4)21-12-13(2)3/h1,6-9,11,13H,10,12H2,2-4H3,(H,18,19). The lowest BCUT2D eigenvalue weighted by molar-refractivity contribution is -0.116. The first-order chi connectivity index (χ1) is 10.1. The highest BCUT2D eigenvalue weighted by Crippen LogP contribution is 2.28. The molecule has 0 saturated carbocycles. The summed E-state index contributed by atoms with van der Waals surface area (Å²) in [4.78, 5) is 11.4. The predicted octanol–water partition coefficient (Wildman–Crippen LogP) is 2.49. The Kier molecular flexibility index (Phi) is 6.90. The van der Waals surface area contributed by atoms with Gasteiger partial charge in [0.15, 0.2) is 11.5 Å². The van der Waals surface area contributed by atoms with Crippen LogP contribution in [0.25, 0.3) is 6.08 Å². The van der Waals surface area contributed by atoms with Crippen molar-refractivity contribution in [3.05, 3.63) is 29.8 Å². The molecule has 0 spiro atoms. The van der Waals surface area contributed by atoms with E-state index in [4.69, 9.17) is 15.9 Å². The molecule has 112 valence electrons. The minimum atomic E-state index is -0.230. The molecule has 0 heterocycles. The van der Waals surface area contributed by atoms with Crippen LogP contribution in [0.4, 0.5) is 0 Å². The van der Waals surface area contributed by atoms with E-state index in [0.29, 0.717) is 24.0 Å². The Morgan fingerprint density at radius 3 is 2.81 bits per heavy atom. The lowest BCUT2D eigenvalue weighted by atomic mass is 10.2. The molecule has 0 aliphatic rings. The molecular formula is C17H21NO3. The summed E-state index contributed by atoms with van der Waals surface area (Å²) in [6, 6.07) is 5.52. The zero-order chi connectivity index (χ0) is 15.7. The summed E-state index contributed by atoms with van der Waals surface area (Å²) in [7, 11) is 1.59. The second kappa shape index (κ2) is 8.70. The Labute approximate surface area is 126 Å². The summed E-state index contributed by atoms with van der Waals surface area (Å²) in [5.41, 5.74) is 0.847. The average Bonchev–Trinajstić information content (AvgIpc) is 2.48. The number of rotatable bonds is 7. The molecule has 0 bridgehead atoms. The van der Waals surface area contributed by atoms with Crippen LogP contribution in [-0.2, 0) is 4.79 Å². The second-order valence-corrected chi connectivity index (χ2v) is 4.87. The maximum absolute atomic E-state index is 11.4. The molecule has 4 heteroatoms. The number of nitrogens with one attached hydrogen (secondary N) is 1. The van der Waals surface area contributed by atoms with E-state index in [0.717, 1.165) is 5.56 Å². The van der Waals surface area contributed by atoms with Gasteiger partial charge in [0.1, 0.15) is 0 Å². The van der Waals surface area contributed by atoms with Crippen molar-refractivity contribution in [1.82, 2.24) is 5.32 Å². The van der Waals surface area contributed by atoms with Gasteiger partial charge < -0.3 is 14.8 Å². The van der Waals surface area contributed by atoms with Crippen LogP contribution in [0.3, 0.4) is 0 Å². The lowest BCUT2D eigenvalue weighted by Gasteiger charge is -2.12. The highest BCUT2D eigenvalue weighted by Gasteiger charge is 2.06.